The van der Waals surface area contributed by atoms with E-state index in [2.05, 4.69) is 28.0 Å². The number of nitrogens with one attached hydrogen (secondary N) is 1. The summed E-state index contributed by atoms with van der Waals surface area (Å²) in [5.41, 5.74) is 2.35. The lowest BCUT2D eigenvalue weighted by atomic mass is 9.93. The molecule has 0 aromatic heterocycles. The molecular weight excluding hydrogens is 1130 g/mol. The minimum Gasteiger partial charge on any atom is -0.462 e. The second kappa shape index (κ2) is 39.6. The molecule has 84 heavy (non-hydrogen) atoms. The normalized spacial score (nSPS) is 13.1. The number of fused-ring (bicyclic) bond motifs is 2. The Bertz CT molecular complexity index is 2890. The van der Waals surface area contributed by atoms with Crippen LogP contribution in [0.3, 0.4) is 0 Å². The number of hydrogen-bond acceptors (Lipinski definition) is 13. The lowest BCUT2D eigenvalue weighted by molar-refractivity contribution is -0.161. The lowest BCUT2D eigenvalue weighted by Crippen LogP contribution is -2.30. The van der Waals surface area contributed by atoms with E-state index in [0.717, 1.165) is 68.1 Å². The fourth-order valence-electron chi connectivity index (χ4n) is 10.6. The van der Waals surface area contributed by atoms with Crippen molar-refractivity contribution < 1.29 is 63.4 Å². The summed E-state index contributed by atoms with van der Waals surface area (Å²) in [5, 5.41) is 1.40. The number of nitrogens with zero attached hydrogens (tertiary/aromatic N) is 2. The second-order valence-corrected chi connectivity index (χ2v) is 26.7. The first-order chi connectivity index (χ1) is 40.4. The van der Waals surface area contributed by atoms with Gasteiger partial charge >= 0.3 is 19.8 Å². The number of esters is 2. The van der Waals surface area contributed by atoms with Crippen molar-refractivity contribution in [3.63, 3.8) is 0 Å². The van der Waals surface area contributed by atoms with Crippen LogP contribution in [0.1, 0.15) is 221 Å². The molecule has 0 saturated heterocycles. The molecule has 0 radical (unpaired) electrons. The number of anilines is 1. The van der Waals surface area contributed by atoms with Crippen LogP contribution >= 0.6 is 7.82 Å². The molecule has 2 aliphatic rings. The van der Waals surface area contributed by atoms with Crippen LogP contribution in [0.15, 0.2) is 68.8 Å². The Kier molecular flexibility index (Phi) is 34.0. The molecule has 1 heterocycles. The third-order valence-electron chi connectivity index (χ3n) is 15.5. The predicted molar refractivity (Wildman–Crippen MR) is 336 cm³/mol. The fraction of sp³-hybridized carbons (Fsp3) is 0.672. The van der Waals surface area contributed by atoms with E-state index in [1.54, 1.807) is 0 Å². The first-order valence-corrected chi connectivity index (χ1v) is 36.3. The number of rotatable bonds is 47. The van der Waals surface area contributed by atoms with Crippen molar-refractivity contribution >= 4 is 56.6 Å². The van der Waals surface area contributed by atoms with Gasteiger partial charge in [-0.25, -0.2) is 22.3 Å². The monoisotopic (exact) mass is 1230 g/mol. The molecule has 2 aromatic rings. The van der Waals surface area contributed by atoms with E-state index in [4.69, 9.17) is 22.9 Å². The van der Waals surface area contributed by atoms with Gasteiger partial charge < -0.3 is 23.7 Å². The number of phosphoric acid groups is 1. The number of sulfonamides is 1. The van der Waals surface area contributed by atoms with Crippen molar-refractivity contribution in [2.24, 2.45) is 0 Å². The zero-order valence-corrected chi connectivity index (χ0v) is 54.2. The van der Waals surface area contributed by atoms with Crippen molar-refractivity contribution in [3.8, 4) is 22.5 Å². The summed E-state index contributed by atoms with van der Waals surface area (Å²) in [6.45, 7) is 13.1. The van der Waals surface area contributed by atoms with E-state index in [9.17, 15) is 40.4 Å². The first kappa shape index (κ1) is 72.3. The molecule has 4 rings (SSSR count). The number of hydrogen-bond donors (Lipinski definition) is 3. The van der Waals surface area contributed by atoms with Gasteiger partial charge in [-0.15, -0.1) is 0 Å². The second-order valence-electron chi connectivity index (χ2n) is 22.1. The topological polar surface area (TPSA) is 228 Å². The highest BCUT2D eigenvalue weighted by molar-refractivity contribution is 7.89. The highest BCUT2D eigenvalue weighted by Crippen LogP contribution is 2.45. The summed E-state index contributed by atoms with van der Waals surface area (Å²) in [7, 11) is -14.6. The molecule has 0 fully saturated rings. The molecule has 20 heteroatoms. The summed E-state index contributed by atoms with van der Waals surface area (Å²) in [6, 6.07) is 14.5. The van der Waals surface area contributed by atoms with Gasteiger partial charge in [-0.05, 0) is 70.9 Å². The number of carbonyl (C=O) groups excluding carboxylic acids is 2. The van der Waals surface area contributed by atoms with Crippen molar-refractivity contribution in [1.82, 2.24) is 9.30 Å². The molecular formula is C64H103N3O14PS2+. The number of ether oxygens (including phenoxy) is 2. The highest BCUT2D eigenvalue weighted by atomic mass is 32.2. The Hall–Kier alpha value is -4.20. The van der Waals surface area contributed by atoms with Crippen LogP contribution in [0.5, 0.6) is 0 Å². The fourth-order valence-corrected chi connectivity index (χ4v) is 13.2. The maximum Gasteiger partial charge on any atom is 0.472 e. The Morgan fingerprint density at radius 1 is 0.619 bits per heavy atom. The minimum atomic E-state index is -4.96. The lowest BCUT2D eigenvalue weighted by Gasteiger charge is -2.23. The summed E-state index contributed by atoms with van der Waals surface area (Å²) < 4.78 is 110. The van der Waals surface area contributed by atoms with Crippen LogP contribution in [0.4, 0.5) is 5.69 Å². The summed E-state index contributed by atoms with van der Waals surface area (Å²) in [5.74, 6) is -0.621. The van der Waals surface area contributed by atoms with Crippen LogP contribution < -0.4 is 19.6 Å². The van der Waals surface area contributed by atoms with Crippen LogP contribution in [-0.4, -0.2) is 96.9 Å². The number of carbonyl (C=O) groups is 2. The van der Waals surface area contributed by atoms with Gasteiger partial charge in [0.2, 0.25) is 15.4 Å². The van der Waals surface area contributed by atoms with Crippen LogP contribution in [0, 0.1) is 0 Å². The van der Waals surface area contributed by atoms with E-state index in [0.29, 0.717) is 66.9 Å². The van der Waals surface area contributed by atoms with Crippen molar-refractivity contribution in [2.45, 2.75) is 237 Å². The van der Waals surface area contributed by atoms with Crippen molar-refractivity contribution in [1.29, 1.82) is 0 Å². The SMILES string of the molecule is CCCCCCCCCCCCCCCC(=O)OC[C@H](COP(=O)(O)OCCNS(=O)(=O)c1cc(S(=O)(=O)O)ccc1-c1c2ccc(=[N+](CC)CC)cc-2oc2cc(N(CC)CC)ccc12)OC(=O)CCCCCCCCCCCCCCC. The summed E-state index contributed by atoms with van der Waals surface area (Å²) in [4.78, 5) is 37.7. The third-order valence-corrected chi connectivity index (χ3v) is 18.9. The van der Waals surface area contributed by atoms with Gasteiger partial charge in [0.1, 0.15) is 31.0 Å². The van der Waals surface area contributed by atoms with Gasteiger partial charge in [0, 0.05) is 72.4 Å². The van der Waals surface area contributed by atoms with Gasteiger partial charge in [-0.2, -0.15) is 8.42 Å². The van der Waals surface area contributed by atoms with E-state index >= 15 is 0 Å². The predicted octanol–water partition coefficient (Wildman–Crippen LogP) is 14.9. The molecule has 1 unspecified atom stereocenters. The minimum absolute atomic E-state index is 0.0867. The van der Waals surface area contributed by atoms with E-state index < -0.39 is 82.2 Å². The molecule has 3 N–H and O–H groups in total. The number of benzene rings is 3. The molecule has 17 nitrogen and oxygen atoms in total. The Labute approximate surface area is 503 Å². The van der Waals surface area contributed by atoms with Gasteiger partial charge in [-0.1, -0.05) is 174 Å². The van der Waals surface area contributed by atoms with E-state index in [1.807, 2.05) is 64.1 Å². The molecule has 0 spiro atoms. The van der Waals surface area contributed by atoms with Gasteiger partial charge in [0.15, 0.2) is 6.10 Å². The average Bonchev–Trinajstić information content (AvgIpc) is 2.06. The Balaban J connectivity index is 1.42. The van der Waals surface area contributed by atoms with Crippen molar-refractivity contribution in [3.05, 3.63) is 60.0 Å². The van der Waals surface area contributed by atoms with Gasteiger partial charge in [0.25, 0.3) is 10.1 Å². The molecule has 0 saturated carbocycles. The first-order valence-electron chi connectivity index (χ1n) is 31.8. The quantitative estimate of drug-likeness (QED) is 0.00933. The van der Waals surface area contributed by atoms with Crippen molar-refractivity contribution in [2.75, 3.05) is 57.4 Å². The molecule has 2 atom stereocenters. The summed E-state index contributed by atoms with van der Waals surface area (Å²) >= 11 is 0. The van der Waals surface area contributed by atoms with Crippen LogP contribution in [0.25, 0.3) is 33.4 Å². The standard InChI is InChI=1S/C64H102N3O14PS2/c1-7-13-15-17-19-21-23-25-27-29-31-33-35-37-62(68)77-50-54(80-63(69)38-36-34-32-30-28-26-24-22-20-18-16-14-8-2)51-79-82(70,71)78-46-45-65-83(72,73)61-49-55(84(74,75)76)41-44-58(61)64-56-42-39-52(66(9-3)10-4)47-59(56)81-60-48-53(40-43-57(60)64)67(11-5)12-6/h39-44,47-49,54,65H,7-38,45-46,50-51H2,1-6H3,(H-,70,71,74,75,76)/p+1/t54-/m1/s1. The smallest absolute Gasteiger partial charge is 0.462 e. The molecule has 474 valence electrons. The van der Waals surface area contributed by atoms with Gasteiger partial charge in [0.05, 0.1) is 29.1 Å². The highest BCUT2D eigenvalue weighted by Gasteiger charge is 2.30. The maximum absolute atomic E-state index is 14.5. The maximum atomic E-state index is 14.5. The Morgan fingerprint density at radius 3 is 1.64 bits per heavy atom. The van der Waals surface area contributed by atoms with Crippen LogP contribution in [0.2, 0.25) is 0 Å². The zero-order chi connectivity index (χ0) is 61.2. The molecule has 2 aromatic carbocycles. The molecule has 0 amide bonds. The van der Waals surface area contributed by atoms with E-state index in [1.165, 1.54) is 115 Å². The zero-order valence-electron chi connectivity index (χ0n) is 51.7. The largest absolute Gasteiger partial charge is 0.472 e. The Morgan fingerprint density at radius 2 is 1.13 bits per heavy atom. The number of phosphoric ester groups is 1. The molecule has 0 bridgehead atoms. The van der Waals surface area contributed by atoms with Crippen LogP contribution in [-0.2, 0) is 52.8 Å². The van der Waals surface area contributed by atoms with E-state index in [-0.39, 0.29) is 18.4 Å². The molecule has 1 aliphatic carbocycles. The average molecular weight is 1230 g/mol. The van der Waals surface area contributed by atoms with Gasteiger partial charge in [-0.3, -0.25) is 23.2 Å². The molecule has 1 aliphatic heterocycles. The summed E-state index contributed by atoms with van der Waals surface area (Å²) in [6.07, 6.45) is 29.0. The third kappa shape index (κ3) is 26.0. The number of unbranched alkanes of at least 4 members (excludes halogenated alkanes) is 24.